The average molecular weight is 261 g/mol. The third-order valence-corrected chi connectivity index (χ3v) is 4.36. The van der Waals surface area contributed by atoms with E-state index in [-0.39, 0.29) is 0 Å². The monoisotopic (exact) mass is 261 g/mol. The lowest BCUT2D eigenvalue weighted by atomic mass is 9.88. The molecule has 1 aromatic rings. The second kappa shape index (κ2) is 5.96. The van der Waals surface area contributed by atoms with E-state index in [1.54, 1.807) is 7.11 Å². The summed E-state index contributed by atoms with van der Waals surface area (Å²) in [7, 11) is 1.75. The van der Waals surface area contributed by atoms with Crippen LogP contribution >= 0.6 is 0 Å². The van der Waals surface area contributed by atoms with Crippen LogP contribution in [0.2, 0.25) is 0 Å². The van der Waals surface area contributed by atoms with Gasteiger partial charge in [-0.05, 0) is 61.8 Å². The van der Waals surface area contributed by atoms with E-state index >= 15 is 0 Å². The summed E-state index contributed by atoms with van der Waals surface area (Å²) in [4.78, 5) is 0. The molecule has 19 heavy (non-hydrogen) atoms. The molecular formula is C17H27NO. The zero-order valence-corrected chi connectivity index (χ0v) is 12.9. The zero-order valence-electron chi connectivity index (χ0n) is 12.9. The second-order valence-electron chi connectivity index (χ2n) is 5.92. The van der Waals surface area contributed by atoms with Crippen LogP contribution in [-0.4, -0.2) is 13.7 Å². The molecule has 0 amide bonds. The molecule has 2 nitrogen and oxygen atoms in total. The number of methoxy groups -OCH3 is 1. The van der Waals surface area contributed by atoms with Crippen LogP contribution in [0.15, 0.2) is 12.1 Å². The summed E-state index contributed by atoms with van der Waals surface area (Å²) < 4.78 is 5.47. The van der Waals surface area contributed by atoms with E-state index in [2.05, 4.69) is 45.1 Å². The van der Waals surface area contributed by atoms with E-state index in [4.69, 9.17) is 4.74 Å². The Hall–Kier alpha value is -1.02. The highest BCUT2D eigenvalue weighted by Crippen LogP contribution is 2.43. The van der Waals surface area contributed by atoms with Crippen LogP contribution in [-0.2, 0) is 0 Å². The molecule has 1 aromatic carbocycles. The van der Waals surface area contributed by atoms with Crippen molar-refractivity contribution in [3.8, 4) is 5.75 Å². The number of hydrogen-bond acceptors (Lipinski definition) is 2. The summed E-state index contributed by atoms with van der Waals surface area (Å²) in [6.07, 6.45) is 2.80. The van der Waals surface area contributed by atoms with Crippen LogP contribution in [0.4, 0.5) is 0 Å². The first-order valence-electron chi connectivity index (χ1n) is 7.47. The average Bonchev–Trinajstić information content (AvgIpc) is 3.19. The molecule has 2 rings (SSSR count). The van der Waals surface area contributed by atoms with Gasteiger partial charge < -0.3 is 10.1 Å². The van der Waals surface area contributed by atoms with E-state index in [1.807, 2.05) is 0 Å². The Morgan fingerprint density at radius 3 is 2.26 bits per heavy atom. The molecule has 0 saturated heterocycles. The second-order valence-corrected chi connectivity index (χ2v) is 5.92. The third kappa shape index (κ3) is 3.11. The fourth-order valence-electron chi connectivity index (χ4n) is 3.21. The van der Waals surface area contributed by atoms with Gasteiger partial charge in [0.15, 0.2) is 0 Å². The first-order chi connectivity index (χ1) is 9.08. The van der Waals surface area contributed by atoms with Crippen molar-refractivity contribution in [1.82, 2.24) is 5.32 Å². The molecule has 0 heterocycles. The lowest BCUT2D eigenvalue weighted by Gasteiger charge is -2.26. The summed E-state index contributed by atoms with van der Waals surface area (Å²) in [6, 6.07) is 5.05. The number of nitrogens with one attached hydrogen (secondary N) is 1. The molecule has 2 atom stereocenters. The predicted octanol–water partition coefficient (Wildman–Crippen LogP) is 4.01. The normalized spacial score (nSPS) is 18.2. The van der Waals surface area contributed by atoms with Crippen LogP contribution < -0.4 is 10.1 Å². The van der Waals surface area contributed by atoms with Crippen molar-refractivity contribution in [1.29, 1.82) is 0 Å². The third-order valence-electron chi connectivity index (χ3n) is 4.36. The van der Waals surface area contributed by atoms with Crippen LogP contribution in [0, 0.1) is 25.7 Å². The standard InChI is InChI=1S/C17H27NO/c1-6-18-16(13(4)14-7-8-14)15-9-11(2)17(19-5)12(3)10-15/h9-10,13-14,16,18H,6-8H2,1-5H3. The molecule has 0 aromatic heterocycles. The Morgan fingerprint density at radius 2 is 1.84 bits per heavy atom. The summed E-state index contributed by atoms with van der Waals surface area (Å²) >= 11 is 0. The highest BCUT2D eigenvalue weighted by atomic mass is 16.5. The van der Waals surface area contributed by atoms with Gasteiger partial charge in [0.25, 0.3) is 0 Å². The van der Waals surface area contributed by atoms with Gasteiger partial charge in [-0.3, -0.25) is 0 Å². The number of benzene rings is 1. The SMILES string of the molecule is CCNC(c1cc(C)c(OC)c(C)c1)C(C)C1CC1. The maximum absolute atomic E-state index is 5.47. The minimum absolute atomic E-state index is 0.473. The molecule has 2 heteroatoms. The van der Waals surface area contributed by atoms with Gasteiger partial charge in [-0.2, -0.15) is 0 Å². The minimum atomic E-state index is 0.473. The van der Waals surface area contributed by atoms with Gasteiger partial charge in [0.2, 0.25) is 0 Å². The number of aryl methyl sites for hydroxylation is 2. The first kappa shape index (κ1) is 14.4. The van der Waals surface area contributed by atoms with E-state index < -0.39 is 0 Å². The molecule has 106 valence electrons. The Kier molecular flexibility index (Phi) is 4.51. The molecule has 0 bridgehead atoms. The lowest BCUT2D eigenvalue weighted by Crippen LogP contribution is -2.28. The quantitative estimate of drug-likeness (QED) is 0.835. The fraction of sp³-hybridized carbons (Fsp3) is 0.647. The van der Waals surface area contributed by atoms with E-state index in [0.717, 1.165) is 18.2 Å². The largest absolute Gasteiger partial charge is 0.496 e. The van der Waals surface area contributed by atoms with Gasteiger partial charge in [0.1, 0.15) is 5.75 Å². The van der Waals surface area contributed by atoms with Gasteiger partial charge in [-0.1, -0.05) is 26.0 Å². The molecule has 1 saturated carbocycles. The predicted molar refractivity (Wildman–Crippen MR) is 80.8 cm³/mol. The smallest absolute Gasteiger partial charge is 0.124 e. The summed E-state index contributed by atoms with van der Waals surface area (Å²) in [5, 5.41) is 3.67. The lowest BCUT2D eigenvalue weighted by molar-refractivity contribution is 0.354. The zero-order chi connectivity index (χ0) is 14.0. The molecule has 0 radical (unpaired) electrons. The van der Waals surface area contributed by atoms with Crippen molar-refractivity contribution >= 4 is 0 Å². The Balaban J connectivity index is 2.30. The van der Waals surface area contributed by atoms with Crippen molar-refractivity contribution in [2.24, 2.45) is 11.8 Å². The fourth-order valence-corrected chi connectivity index (χ4v) is 3.21. The summed E-state index contributed by atoms with van der Waals surface area (Å²) in [5.74, 6) is 2.65. The van der Waals surface area contributed by atoms with Gasteiger partial charge in [-0.15, -0.1) is 0 Å². The van der Waals surface area contributed by atoms with Gasteiger partial charge >= 0.3 is 0 Å². The summed E-state index contributed by atoms with van der Waals surface area (Å²) in [6.45, 7) is 9.88. The topological polar surface area (TPSA) is 21.3 Å². The van der Waals surface area contributed by atoms with E-state index in [9.17, 15) is 0 Å². The molecule has 1 N–H and O–H groups in total. The summed E-state index contributed by atoms with van der Waals surface area (Å²) in [5.41, 5.74) is 3.89. The Labute approximate surface area is 117 Å². The molecule has 2 unspecified atom stereocenters. The van der Waals surface area contributed by atoms with E-state index in [0.29, 0.717) is 12.0 Å². The highest BCUT2D eigenvalue weighted by molar-refractivity contribution is 5.44. The van der Waals surface area contributed by atoms with Crippen LogP contribution in [0.3, 0.4) is 0 Å². The number of rotatable bonds is 6. The highest BCUT2D eigenvalue weighted by Gasteiger charge is 2.33. The van der Waals surface area contributed by atoms with Crippen molar-refractivity contribution in [3.63, 3.8) is 0 Å². The molecule has 0 aliphatic heterocycles. The van der Waals surface area contributed by atoms with Gasteiger partial charge in [0, 0.05) is 6.04 Å². The molecule has 1 aliphatic rings. The van der Waals surface area contributed by atoms with Gasteiger partial charge in [0.05, 0.1) is 7.11 Å². The van der Waals surface area contributed by atoms with Gasteiger partial charge in [-0.25, -0.2) is 0 Å². The van der Waals surface area contributed by atoms with Crippen LogP contribution in [0.25, 0.3) is 0 Å². The van der Waals surface area contributed by atoms with E-state index in [1.165, 1.54) is 29.5 Å². The Morgan fingerprint density at radius 1 is 1.26 bits per heavy atom. The van der Waals surface area contributed by atoms with Crippen molar-refractivity contribution in [2.75, 3.05) is 13.7 Å². The van der Waals surface area contributed by atoms with Crippen molar-refractivity contribution < 1.29 is 4.74 Å². The maximum atomic E-state index is 5.47. The molecule has 0 spiro atoms. The maximum Gasteiger partial charge on any atom is 0.124 e. The molecule has 1 aliphatic carbocycles. The van der Waals surface area contributed by atoms with Crippen LogP contribution in [0.1, 0.15) is 49.4 Å². The minimum Gasteiger partial charge on any atom is -0.496 e. The van der Waals surface area contributed by atoms with Crippen molar-refractivity contribution in [3.05, 3.63) is 28.8 Å². The Bertz CT molecular complexity index is 414. The van der Waals surface area contributed by atoms with Crippen molar-refractivity contribution in [2.45, 2.75) is 46.6 Å². The first-order valence-corrected chi connectivity index (χ1v) is 7.47. The number of hydrogen-bond donors (Lipinski definition) is 1. The van der Waals surface area contributed by atoms with Crippen LogP contribution in [0.5, 0.6) is 5.75 Å². The molecule has 1 fully saturated rings. The molecular weight excluding hydrogens is 234 g/mol. The number of ether oxygens (including phenoxy) is 1.